The fourth-order valence-electron chi connectivity index (χ4n) is 4.25. The Hall–Kier alpha value is -3.34. The number of nitrogens with zero attached hydrogens (tertiary/aromatic N) is 3. The lowest BCUT2D eigenvalue weighted by Gasteiger charge is -2.08. The van der Waals surface area contributed by atoms with Crippen LogP contribution >= 0.6 is 0 Å². The molecule has 4 aromatic rings. The zero-order valence-electron chi connectivity index (χ0n) is 16.3. The minimum Gasteiger partial charge on any atom is -0.348 e. The number of fused-ring (bicyclic) bond motifs is 1. The molecule has 0 radical (unpaired) electrons. The third-order valence-corrected chi connectivity index (χ3v) is 5.79. The lowest BCUT2D eigenvalue weighted by Crippen LogP contribution is -2.22. The summed E-state index contributed by atoms with van der Waals surface area (Å²) in [5.41, 5.74) is 4.50. The number of nitrogens with one attached hydrogen (secondary N) is 1. The van der Waals surface area contributed by atoms with Gasteiger partial charge in [0.2, 0.25) is 0 Å². The van der Waals surface area contributed by atoms with E-state index in [2.05, 4.69) is 26.7 Å². The average Bonchev–Trinajstić information content (AvgIpc) is 3.51. The molecule has 0 saturated heterocycles. The van der Waals surface area contributed by atoms with Crippen LogP contribution in [-0.4, -0.2) is 20.1 Å². The summed E-state index contributed by atoms with van der Waals surface area (Å²) in [6.07, 6.45) is 9.02. The third kappa shape index (κ3) is 3.44. The number of amides is 1. The van der Waals surface area contributed by atoms with Gasteiger partial charge in [-0.2, -0.15) is 5.10 Å². The van der Waals surface area contributed by atoms with Gasteiger partial charge in [0.15, 0.2) is 0 Å². The first kappa shape index (κ1) is 17.7. The number of aromatic nitrogens is 3. The van der Waals surface area contributed by atoms with Gasteiger partial charge >= 0.3 is 0 Å². The van der Waals surface area contributed by atoms with Crippen molar-refractivity contribution in [3.63, 3.8) is 0 Å². The van der Waals surface area contributed by atoms with Crippen LogP contribution in [0.3, 0.4) is 0 Å². The zero-order valence-corrected chi connectivity index (χ0v) is 16.3. The molecule has 0 atom stereocenters. The van der Waals surface area contributed by atoms with Crippen LogP contribution in [0.25, 0.3) is 16.9 Å². The van der Waals surface area contributed by atoms with Crippen LogP contribution in [0.1, 0.15) is 47.6 Å². The highest BCUT2D eigenvalue weighted by molar-refractivity contribution is 6.02. The highest BCUT2D eigenvalue weighted by atomic mass is 16.1. The van der Waals surface area contributed by atoms with Gasteiger partial charge in [0.05, 0.1) is 22.8 Å². The van der Waals surface area contributed by atoms with E-state index in [1.165, 1.54) is 25.7 Å². The SMILES string of the molecule is O=C(NCc1ccccc1)c1cc(-c2ccn(C3CCCC3)n2)n2ccccc12. The zero-order chi connectivity index (χ0) is 19.6. The summed E-state index contributed by atoms with van der Waals surface area (Å²) in [7, 11) is 0. The minimum absolute atomic E-state index is 0.0703. The second-order valence-electron chi connectivity index (χ2n) is 7.69. The van der Waals surface area contributed by atoms with E-state index in [-0.39, 0.29) is 5.91 Å². The molecular weight excluding hydrogens is 360 g/mol. The molecule has 5 heteroatoms. The Morgan fingerprint density at radius 2 is 1.79 bits per heavy atom. The van der Waals surface area contributed by atoms with Crippen molar-refractivity contribution in [1.82, 2.24) is 19.5 Å². The second kappa shape index (κ2) is 7.59. The van der Waals surface area contributed by atoms with E-state index in [0.717, 1.165) is 22.5 Å². The molecule has 5 nitrogen and oxygen atoms in total. The highest BCUT2D eigenvalue weighted by Crippen LogP contribution is 2.31. The van der Waals surface area contributed by atoms with Crippen LogP contribution in [0.5, 0.6) is 0 Å². The van der Waals surface area contributed by atoms with Gasteiger partial charge in [0, 0.05) is 18.9 Å². The third-order valence-electron chi connectivity index (χ3n) is 5.79. The Bertz CT molecular complexity index is 1140. The van der Waals surface area contributed by atoms with Gasteiger partial charge < -0.3 is 9.72 Å². The van der Waals surface area contributed by atoms with Gasteiger partial charge in [-0.05, 0) is 42.7 Å². The van der Waals surface area contributed by atoms with Crippen LogP contribution < -0.4 is 5.32 Å². The summed E-state index contributed by atoms with van der Waals surface area (Å²) in [6, 6.07) is 20.4. The van der Waals surface area contributed by atoms with Crippen LogP contribution in [-0.2, 0) is 6.54 Å². The molecule has 3 heterocycles. The van der Waals surface area contributed by atoms with Crippen LogP contribution in [0.15, 0.2) is 73.1 Å². The smallest absolute Gasteiger partial charge is 0.253 e. The van der Waals surface area contributed by atoms with E-state index < -0.39 is 0 Å². The van der Waals surface area contributed by atoms with E-state index in [4.69, 9.17) is 5.10 Å². The first-order chi connectivity index (χ1) is 14.3. The fraction of sp³-hybridized carbons (Fsp3) is 0.250. The Balaban J connectivity index is 1.45. The number of benzene rings is 1. The first-order valence-electron chi connectivity index (χ1n) is 10.3. The number of carbonyl (C=O) groups is 1. The minimum atomic E-state index is -0.0703. The Labute approximate surface area is 170 Å². The molecule has 0 spiro atoms. The van der Waals surface area contributed by atoms with Crippen molar-refractivity contribution in [3.05, 3.63) is 84.2 Å². The van der Waals surface area contributed by atoms with Gasteiger partial charge in [-0.15, -0.1) is 0 Å². The molecule has 1 saturated carbocycles. The van der Waals surface area contributed by atoms with E-state index in [1.807, 2.05) is 60.8 Å². The highest BCUT2D eigenvalue weighted by Gasteiger charge is 2.20. The summed E-state index contributed by atoms with van der Waals surface area (Å²) < 4.78 is 4.15. The Morgan fingerprint density at radius 1 is 1.00 bits per heavy atom. The van der Waals surface area contributed by atoms with Crippen molar-refractivity contribution in [3.8, 4) is 11.4 Å². The van der Waals surface area contributed by atoms with Crippen molar-refractivity contribution in [2.24, 2.45) is 0 Å². The molecule has 0 unspecified atom stereocenters. The van der Waals surface area contributed by atoms with E-state index in [9.17, 15) is 4.79 Å². The molecule has 3 aromatic heterocycles. The summed E-state index contributed by atoms with van der Waals surface area (Å²) in [6.45, 7) is 0.509. The van der Waals surface area contributed by atoms with Gasteiger partial charge in [-0.1, -0.05) is 49.2 Å². The van der Waals surface area contributed by atoms with Gasteiger partial charge in [-0.3, -0.25) is 9.48 Å². The van der Waals surface area contributed by atoms with E-state index in [1.54, 1.807) is 0 Å². The summed E-state index contributed by atoms with van der Waals surface area (Å²) in [5.74, 6) is -0.0703. The van der Waals surface area contributed by atoms with Crippen molar-refractivity contribution in [1.29, 1.82) is 0 Å². The number of hydrogen-bond donors (Lipinski definition) is 1. The molecule has 1 aliphatic rings. The molecule has 0 bridgehead atoms. The molecule has 146 valence electrons. The van der Waals surface area contributed by atoms with Gasteiger partial charge in [-0.25, -0.2) is 0 Å². The van der Waals surface area contributed by atoms with E-state index >= 15 is 0 Å². The Morgan fingerprint density at radius 3 is 2.62 bits per heavy atom. The number of pyridine rings is 1. The lowest BCUT2D eigenvalue weighted by atomic mass is 10.2. The largest absolute Gasteiger partial charge is 0.348 e. The maximum absolute atomic E-state index is 12.9. The van der Waals surface area contributed by atoms with Crippen LogP contribution in [0.4, 0.5) is 0 Å². The summed E-state index contributed by atoms with van der Waals surface area (Å²) in [5, 5.41) is 7.89. The standard InChI is InChI=1S/C24H24N4O/c29-24(25-17-18-8-2-1-3-9-18)20-16-23(27-14-7-6-12-22(20)27)21-13-15-28(26-21)19-10-4-5-11-19/h1-3,6-9,12-16,19H,4-5,10-11,17H2,(H,25,29). The quantitative estimate of drug-likeness (QED) is 0.535. The molecule has 1 aliphatic carbocycles. The maximum atomic E-state index is 12.9. The lowest BCUT2D eigenvalue weighted by molar-refractivity contribution is 0.0952. The van der Waals surface area contributed by atoms with Gasteiger partial charge in [0.1, 0.15) is 5.69 Å². The normalized spacial score (nSPS) is 14.5. The molecule has 1 N–H and O–H groups in total. The van der Waals surface area contributed by atoms with Crippen molar-refractivity contribution >= 4 is 11.4 Å². The molecule has 29 heavy (non-hydrogen) atoms. The van der Waals surface area contributed by atoms with E-state index in [0.29, 0.717) is 18.2 Å². The molecule has 5 rings (SSSR count). The van der Waals surface area contributed by atoms with Crippen LogP contribution in [0, 0.1) is 0 Å². The average molecular weight is 384 g/mol. The predicted molar refractivity (Wildman–Crippen MR) is 114 cm³/mol. The van der Waals surface area contributed by atoms with Crippen LogP contribution in [0.2, 0.25) is 0 Å². The van der Waals surface area contributed by atoms with Crippen molar-refractivity contribution in [2.45, 2.75) is 38.3 Å². The monoisotopic (exact) mass is 384 g/mol. The second-order valence-corrected chi connectivity index (χ2v) is 7.69. The number of rotatable bonds is 5. The number of hydrogen-bond acceptors (Lipinski definition) is 2. The molecule has 1 aromatic carbocycles. The molecular formula is C24H24N4O. The summed E-state index contributed by atoms with van der Waals surface area (Å²) >= 11 is 0. The maximum Gasteiger partial charge on any atom is 0.253 e. The summed E-state index contributed by atoms with van der Waals surface area (Å²) in [4.78, 5) is 12.9. The fourth-order valence-corrected chi connectivity index (χ4v) is 4.25. The first-order valence-corrected chi connectivity index (χ1v) is 10.3. The van der Waals surface area contributed by atoms with Crippen molar-refractivity contribution < 1.29 is 4.79 Å². The topological polar surface area (TPSA) is 51.3 Å². The van der Waals surface area contributed by atoms with Gasteiger partial charge in [0.25, 0.3) is 5.91 Å². The number of carbonyl (C=O) groups excluding carboxylic acids is 1. The Kier molecular flexibility index (Phi) is 4.64. The van der Waals surface area contributed by atoms with Crippen molar-refractivity contribution in [2.75, 3.05) is 0 Å². The molecule has 1 fully saturated rings. The molecule has 0 aliphatic heterocycles. The molecule has 1 amide bonds. The predicted octanol–water partition coefficient (Wildman–Crippen LogP) is 4.85.